The molecule has 2 aliphatic heterocycles. The molecule has 4 aliphatic rings. The minimum atomic E-state index is -3.93. The first-order valence-corrected chi connectivity index (χ1v) is 19.2. The summed E-state index contributed by atoms with van der Waals surface area (Å²) in [5.41, 5.74) is -0.384. The number of hydrogen-bond acceptors (Lipinski definition) is 8. The van der Waals surface area contributed by atoms with Gasteiger partial charge < -0.3 is 20.3 Å². The third-order valence-electron chi connectivity index (χ3n) is 10.8. The van der Waals surface area contributed by atoms with E-state index in [1.807, 2.05) is 72.8 Å². The molecule has 0 spiro atoms. The molecule has 11 nitrogen and oxygen atoms in total. The summed E-state index contributed by atoms with van der Waals surface area (Å²) >= 11 is 0. The lowest BCUT2D eigenvalue weighted by Gasteiger charge is -2.30. The molecule has 5 atom stereocenters. The van der Waals surface area contributed by atoms with Gasteiger partial charge in [-0.1, -0.05) is 73.5 Å². The highest BCUT2D eigenvalue weighted by Crippen LogP contribution is 2.47. The summed E-state index contributed by atoms with van der Waals surface area (Å²) in [6.07, 6.45) is 10.5. The van der Waals surface area contributed by atoms with Crippen LogP contribution in [0.2, 0.25) is 0 Å². The van der Waals surface area contributed by atoms with Gasteiger partial charge in [0.2, 0.25) is 27.7 Å². The number of rotatable bonds is 8. The van der Waals surface area contributed by atoms with Crippen LogP contribution in [0.25, 0.3) is 10.8 Å². The van der Waals surface area contributed by atoms with E-state index in [1.165, 1.54) is 0 Å². The molecule has 2 aliphatic carbocycles. The molecule has 3 aromatic rings. The highest BCUT2D eigenvalue weighted by Gasteiger charge is 2.63. The van der Waals surface area contributed by atoms with Crippen LogP contribution in [0.5, 0.6) is 5.88 Å². The molecular weight excluding hydrogens is 655 g/mol. The second-order valence-corrected chi connectivity index (χ2v) is 16.7. The lowest BCUT2D eigenvalue weighted by molar-refractivity contribution is -0.141. The molecule has 3 fully saturated rings. The van der Waals surface area contributed by atoms with Crippen LogP contribution in [-0.4, -0.2) is 71.0 Å². The fourth-order valence-corrected chi connectivity index (χ4v) is 8.49. The van der Waals surface area contributed by atoms with E-state index in [0.29, 0.717) is 31.7 Å². The molecule has 0 radical (unpaired) electrons. The number of nitrogens with one attached hydrogen (secondary N) is 3. The van der Waals surface area contributed by atoms with Crippen molar-refractivity contribution in [1.29, 1.82) is 0 Å². The molecule has 3 amide bonds. The Balaban J connectivity index is 1.18. The Morgan fingerprint density at radius 3 is 2.62 bits per heavy atom. The van der Waals surface area contributed by atoms with Crippen LogP contribution in [-0.2, 0) is 31.0 Å². The van der Waals surface area contributed by atoms with E-state index in [4.69, 9.17) is 4.74 Å². The Kier molecular flexibility index (Phi) is 9.42. The van der Waals surface area contributed by atoms with Crippen molar-refractivity contribution in [3.63, 3.8) is 0 Å². The second-order valence-electron chi connectivity index (χ2n) is 14.5. The van der Waals surface area contributed by atoms with Crippen molar-refractivity contribution in [3.8, 4) is 5.88 Å². The number of allylic oxidation sites excluding steroid dienone is 1. The standard InChI is InChI=1S/C38H45N5O6S/c1-37(19-20-37)50(47,48)42-36(46)38-23-28(38)15-8-3-2-4-9-17-31(40-24-26-12-6-5-7-13-26)35(45)43-25-29(22-32(43)33(44)41-38)49-34-30-16-11-10-14-27(30)18-21-39-34/h5-8,10-16,18,21,28-29,31-32,40H,2-4,9,17,19-20,22-25H2,1H3,(H,41,44)(H,42,46)/b15-8-/t28-,29-,31+,32+,38-/m1/s1. The van der Waals surface area contributed by atoms with Gasteiger partial charge in [0.15, 0.2) is 0 Å². The number of fused-ring (bicyclic) bond motifs is 3. The number of ether oxygens (including phenoxy) is 1. The Morgan fingerprint density at radius 1 is 1.04 bits per heavy atom. The second kappa shape index (κ2) is 13.8. The van der Waals surface area contributed by atoms with Gasteiger partial charge in [-0.25, -0.2) is 13.4 Å². The highest BCUT2D eigenvalue weighted by atomic mass is 32.2. The zero-order valence-corrected chi connectivity index (χ0v) is 29.2. The van der Waals surface area contributed by atoms with Crippen LogP contribution < -0.4 is 20.1 Å². The quantitative estimate of drug-likeness (QED) is 0.298. The molecular formula is C38H45N5O6S. The fraction of sp³-hybridized carbons (Fsp3) is 0.474. The van der Waals surface area contributed by atoms with E-state index in [-0.39, 0.29) is 31.2 Å². The molecule has 0 unspecified atom stereocenters. The van der Waals surface area contributed by atoms with Crippen molar-refractivity contribution in [3.05, 3.63) is 84.6 Å². The normalized spacial score (nSPS) is 28.7. The average Bonchev–Trinajstić information content (AvgIpc) is 3.99. The Hall–Kier alpha value is -4.29. The van der Waals surface area contributed by atoms with Crippen molar-refractivity contribution in [2.24, 2.45) is 5.92 Å². The van der Waals surface area contributed by atoms with Crippen LogP contribution in [0.4, 0.5) is 0 Å². The fourth-order valence-electron chi connectivity index (χ4n) is 7.18. The molecule has 0 bridgehead atoms. The van der Waals surface area contributed by atoms with Crippen molar-refractivity contribution < 1.29 is 27.5 Å². The minimum Gasteiger partial charge on any atom is -0.472 e. The van der Waals surface area contributed by atoms with Crippen molar-refractivity contribution in [2.45, 2.75) is 99.7 Å². The Bertz CT molecular complexity index is 1890. The summed E-state index contributed by atoms with van der Waals surface area (Å²) in [6.45, 7) is 2.26. The van der Waals surface area contributed by atoms with Crippen LogP contribution in [0.1, 0.15) is 70.3 Å². The van der Waals surface area contributed by atoms with E-state index < -0.39 is 50.3 Å². The number of amides is 3. The molecule has 3 heterocycles. The smallest absolute Gasteiger partial charge is 0.259 e. The zero-order valence-electron chi connectivity index (χ0n) is 28.3. The van der Waals surface area contributed by atoms with Gasteiger partial charge in [0.05, 0.1) is 17.3 Å². The third kappa shape index (κ3) is 7.00. The van der Waals surface area contributed by atoms with Crippen molar-refractivity contribution >= 4 is 38.5 Å². The first-order valence-electron chi connectivity index (χ1n) is 17.7. The number of hydrogen-bond donors (Lipinski definition) is 3. The summed E-state index contributed by atoms with van der Waals surface area (Å²) in [6, 6.07) is 18.0. The van der Waals surface area contributed by atoms with Crippen LogP contribution in [0, 0.1) is 5.92 Å². The molecule has 2 aromatic carbocycles. The van der Waals surface area contributed by atoms with E-state index >= 15 is 0 Å². The molecule has 7 rings (SSSR count). The minimum absolute atomic E-state index is 0.153. The van der Waals surface area contributed by atoms with E-state index in [9.17, 15) is 22.8 Å². The SMILES string of the molecule is CC1(S(=O)(=O)NC(=O)[C@@]23C[C@H]2/C=C\CCCCC[C@H](NCc2ccccc2)C(=O)N2C[C@H](Oc4nccc5ccccc45)C[C@H]2C(=O)N3)CC1. The van der Waals surface area contributed by atoms with E-state index in [0.717, 1.165) is 42.0 Å². The number of aromatic nitrogens is 1. The van der Waals surface area contributed by atoms with Gasteiger partial charge in [0.1, 0.15) is 17.7 Å². The number of benzene rings is 2. The van der Waals surface area contributed by atoms with E-state index in [2.05, 4.69) is 20.3 Å². The largest absolute Gasteiger partial charge is 0.472 e. The van der Waals surface area contributed by atoms with Crippen LogP contribution in [0.3, 0.4) is 0 Å². The van der Waals surface area contributed by atoms with Gasteiger partial charge in [0.25, 0.3) is 5.91 Å². The summed E-state index contributed by atoms with van der Waals surface area (Å²) in [4.78, 5) is 48.7. The van der Waals surface area contributed by atoms with Crippen LogP contribution >= 0.6 is 0 Å². The third-order valence-corrected chi connectivity index (χ3v) is 12.9. The van der Waals surface area contributed by atoms with Crippen LogP contribution in [0.15, 0.2) is 79.0 Å². The highest BCUT2D eigenvalue weighted by molar-refractivity contribution is 7.91. The predicted octanol–water partition coefficient (Wildman–Crippen LogP) is 4.14. The molecule has 12 heteroatoms. The molecule has 1 saturated heterocycles. The summed E-state index contributed by atoms with van der Waals surface area (Å²) in [5, 5.41) is 8.21. The summed E-state index contributed by atoms with van der Waals surface area (Å²) in [5.74, 6) is -1.39. The van der Waals surface area contributed by atoms with Gasteiger partial charge in [-0.3, -0.25) is 19.1 Å². The molecule has 3 N–H and O–H groups in total. The van der Waals surface area contributed by atoms with Crippen molar-refractivity contribution in [1.82, 2.24) is 25.2 Å². The Labute approximate surface area is 293 Å². The topological polar surface area (TPSA) is 147 Å². The monoisotopic (exact) mass is 699 g/mol. The summed E-state index contributed by atoms with van der Waals surface area (Å²) < 4.78 is 34.0. The van der Waals surface area contributed by atoms with Gasteiger partial charge >= 0.3 is 0 Å². The number of carbonyl (C=O) groups is 3. The maximum Gasteiger partial charge on any atom is 0.259 e. The zero-order chi connectivity index (χ0) is 34.9. The molecule has 1 aromatic heterocycles. The van der Waals surface area contributed by atoms with Gasteiger partial charge in [-0.05, 0) is 68.5 Å². The number of carbonyl (C=O) groups excluding carboxylic acids is 3. The number of nitrogens with zero attached hydrogens (tertiary/aromatic N) is 2. The van der Waals surface area contributed by atoms with Gasteiger partial charge in [-0.15, -0.1) is 0 Å². The molecule has 50 heavy (non-hydrogen) atoms. The van der Waals surface area contributed by atoms with Crippen molar-refractivity contribution in [2.75, 3.05) is 6.54 Å². The van der Waals surface area contributed by atoms with E-state index in [1.54, 1.807) is 18.0 Å². The average molecular weight is 700 g/mol. The maximum absolute atomic E-state index is 14.5. The van der Waals surface area contributed by atoms with Gasteiger partial charge in [0, 0.05) is 30.5 Å². The summed E-state index contributed by atoms with van der Waals surface area (Å²) in [7, 11) is -3.93. The van der Waals surface area contributed by atoms with Gasteiger partial charge in [-0.2, -0.15) is 0 Å². The maximum atomic E-state index is 14.5. The molecule has 264 valence electrons. The molecule has 2 saturated carbocycles. The number of sulfonamides is 1. The number of pyridine rings is 1. The first kappa shape index (κ1) is 34.2. The lowest BCUT2D eigenvalue weighted by atomic mass is 10.0. The Morgan fingerprint density at radius 2 is 1.82 bits per heavy atom. The first-order chi connectivity index (χ1) is 24.1. The lowest BCUT2D eigenvalue weighted by Crippen LogP contribution is -2.58. The predicted molar refractivity (Wildman–Crippen MR) is 189 cm³/mol.